The molecule has 3 unspecified atom stereocenters. The van der Waals surface area contributed by atoms with Crippen LogP contribution in [0.1, 0.15) is 66.7 Å². The zero-order chi connectivity index (χ0) is 14.1. The van der Waals surface area contributed by atoms with E-state index < -0.39 is 0 Å². The van der Waals surface area contributed by atoms with Crippen molar-refractivity contribution < 1.29 is 9.53 Å². The number of carbonyl (C=O) groups excluding carboxylic acids is 1. The third kappa shape index (κ3) is 1.64. The van der Waals surface area contributed by atoms with E-state index in [2.05, 4.69) is 27.7 Å². The number of esters is 1. The van der Waals surface area contributed by atoms with E-state index in [1.807, 2.05) is 0 Å². The first-order chi connectivity index (χ1) is 8.69. The fraction of sp³-hybridized carbons (Fsp3) is 0.824. The molecule has 0 N–H and O–H groups in total. The average Bonchev–Trinajstić information content (AvgIpc) is 2.57. The summed E-state index contributed by atoms with van der Waals surface area (Å²) in [4.78, 5) is 11.6. The molecule has 0 aromatic carbocycles. The van der Waals surface area contributed by atoms with Crippen molar-refractivity contribution in [2.75, 3.05) is 0 Å². The van der Waals surface area contributed by atoms with Gasteiger partial charge in [0.15, 0.2) is 0 Å². The molecule has 0 radical (unpaired) electrons. The molecule has 19 heavy (non-hydrogen) atoms. The second-order valence-corrected chi connectivity index (χ2v) is 8.08. The summed E-state index contributed by atoms with van der Waals surface area (Å²) < 4.78 is 5.87. The van der Waals surface area contributed by atoms with Gasteiger partial charge in [-0.05, 0) is 55.9 Å². The molecule has 2 saturated carbocycles. The quantitative estimate of drug-likeness (QED) is 0.522. The van der Waals surface area contributed by atoms with Gasteiger partial charge in [-0.15, -0.1) is 0 Å². The Kier molecular flexibility index (Phi) is 2.54. The molecule has 3 atom stereocenters. The van der Waals surface area contributed by atoms with Gasteiger partial charge in [0.1, 0.15) is 5.60 Å². The first-order valence-corrected chi connectivity index (χ1v) is 7.59. The standard InChI is InChI=1S/C17H26O2/c1-11-14-10-15(3,4)8-13(14)9-16(5)6-7-17(11,16)19-12(2)18/h13H,6-10H2,1-5H3. The van der Waals surface area contributed by atoms with Gasteiger partial charge in [0, 0.05) is 12.3 Å². The Hall–Kier alpha value is -0.790. The van der Waals surface area contributed by atoms with Crippen LogP contribution in [0.15, 0.2) is 11.1 Å². The summed E-state index contributed by atoms with van der Waals surface area (Å²) in [7, 11) is 0. The number of hydrogen-bond acceptors (Lipinski definition) is 2. The van der Waals surface area contributed by atoms with Crippen molar-refractivity contribution >= 4 is 5.97 Å². The van der Waals surface area contributed by atoms with E-state index in [-0.39, 0.29) is 17.0 Å². The SMILES string of the molecule is CC(=O)OC12CCC1(C)CC1CC(C)(C)CC1=C2C. The molecule has 0 amide bonds. The summed E-state index contributed by atoms with van der Waals surface area (Å²) in [6.07, 6.45) is 5.90. The Morgan fingerprint density at radius 2 is 1.89 bits per heavy atom. The maximum absolute atomic E-state index is 11.6. The number of rotatable bonds is 1. The van der Waals surface area contributed by atoms with Crippen molar-refractivity contribution in [3.8, 4) is 0 Å². The predicted molar refractivity (Wildman–Crippen MR) is 75.7 cm³/mol. The molecule has 0 heterocycles. The van der Waals surface area contributed by atoms with Crippen LogP contribution in [-0.2, 0) is 9.53 Å². The zero-order valence-electron chi connectivity index (χ0n) is 12.9. The summed E-state index contributed by atoms with van der Waals surface area (Å²) in [6, 6.07) is 0. The van der Waals surface area contributed by atoms with Gasteiger partial charge in [0.2, 0.25) is 0 Å². The first kappa shape index (κ1) is 13.2. The van der Waals surface area contributed by atoms with Crippen LogP contribution < -0.4 is 0 Å². The zero-order valence-corrected chi connectivity index (χ0v) is 12.9. The Bertz CT molecular complexity index is 474. The highest BCUT2D eigenvalue weighted by molar-refractivity contribution is 5.68. The Balaban J connectivity index is 2.05. The van der Waals surface area contributed by atoms with Crippen LogP contribution in [0.3, 0.4) is 0 Å². The van der Waals surface area contributed by atoms with Crippen molar-refractivity contribution in [2.24, 2.45) is 16.7 Å². The third-order valence-corrected chi connectivity index (χ3v) is 6.07. The van der Waals surface area contributed by atoms with E-state index in [0.717, 1.165) is 12.3 Å². The van der Waals surface area contributed by atoms with Crippen molar-refractivity contribution in [2.45, 2.75) is 72.3 Å². The fourth-order valence-corrected chi connectivity index (χ4v) is 5.14. The summed E-state index contributed by atoms with van der Waals surface area (Å²) in [5.41, 5.74) is 3.31. The molecule has 0 aromatic heterocycles. The van der Waals surface area contributed by atoms with E-state index in [1.165, 1.54) is 31.3 Å². The maximum Gasteiger partial charge on any atom is 0.303 e. The number of fused-ring (bicyclic) bond motifs is 2. The summed E-state index contributed by atoms with van der Waals surface area (Å²) >= 11 is 0. The van der Waals surface area contributed by atoms with Crippen molar-refractivity contribution in [1.82, 2.24) is 0 Å². The van der Waals surface area contributed by atoms with Gasteiger partial charge >= 0.3 is 5.97 Å². The molecular formula is C17H26O2. The van der Waals surface area contributed by atoms with Crippen LogP contribution in [0, 0.1) is 16.7 Å². The normalized spacial score (nSPS) is 43.3. The monoisotopic (exact) mass is 262 g/mol. The molecule has 3 rings (SSSR count). The molecule has 0 bridgehead atoms. The summed E-state index contributed by atoms with van der Waals surface area (Å²) in [5, 5.41) is 0. The molecule has 106 valence electrons. The van der Waals surface area contributed by atoms with Gasteiger partial charge in [0.25, 0.3) is 0 Å². The molecule has 2 heteroatoms. The number of carbonyl (C=O) groups is 1. The lowest BCUT2D eigenvalue weighted by Crippen LogP contribution is -2.61. The fourth-order valence-electron chi connectivity index (χ4n) is 5.14. The topological polar surface area (TPSA) is 26.3 Å². The summed E-state index contributed by atoms with van der Waals surface area (Å²) in [5.74, 6) is 0.602. The number of allylic oxidation sites excluding steroid dienone is 1. The molecule has 2 nitrogen and oxygen atoms in total. The number of ether oxygens (including phenoxy) is 1. The lowest BCUT2D eigenvalue weighted by molar-refractivity contribution is -0.197. The van der Waals surface area contributed by atoms with Crippen LogP contribution in [0.4, 0.5) is 0 Å². The number of hydrogen-bond donors (Lipinski definition) is 0. The van der Waals surface area contributed by atoms with Crippen LogP contribution in [0.2, 0.25) is 0 Å². The summed E-state index contributed by atoms with van der Waals surface area (Å²) in [6.45, 7) is 10.8. The largest absolute Gasteiger partial charge is 0.454 e. The van der Waals surface area contributed by atoms with Gasteiger partial charge in [-0.1, -0.05) is 26.3 Å². The first-order valence-electron chi connectivity index (χ1n) is 7.59. The van der Waals surface area contributed by atoms with Crippen molar-refractivity contribution in [1.29, 1.82) is 0 Å². The minimum absolute atomic E-state index is 0.124. The van der Waals surface area contributed by atoms with E-state index in [9.17, 15) is 4.79 Å². The molecule has 0 aliphatic heterocycles. The van der Waals surface area contributed by atoms with Gasteiger partial charge in [-0.3, -0.25) is 4.79 Å². The smallest absolute Gasteiger partial charge is 0.303 e. The molecule has 2 fully saturated rings. The van der Waals surface area contributed by atoms with Crippen molar-refractivity contribution in [3.63, 3.8) is 0 Å². The molecule has 3 aliphatic rings. The molecule has 3 aliphatic carbocycles. The van der Waals surface area contributed by atoms with Gasteiger partial charge in [-0.2, -0.15) is 0 Å². The van der Waals surface area contributed by atoms with E-state index in [4.69, 9.17) is 4.74 Å². The Labute approximate surface area is 116 Å². The van der Waals surface area contributed by atoms with E-state index in [0.29, 0.717) is 5.41 Å². The molecule has 0 aromatic rings. The van der Waals surface area contributed by atoms with Crippen molar-refractivity contribution in [3.05, 3.63) is 11.1 Å². The molecular weight excluding hydrogens is 236 g/mol. The highest BCUT2D eigenvalue weighted by atomic mass is 16.6. The lowest BCUT2D eigenvalue weighted by atomic mass is 9.48. The third-order valence-electron chi connectivity index (χ3n) is 6.07. The second kappa shape index (κ2) is 3.65. The maximum atomic E-state index is 11.6. The highest BCUT2D eigenvalue weighted by Gasteiger charge is 2.64. The van der Waals surface area contributed by atoms with Crippen LogP contribution in [0.25, 0.3) is 0 Å². The van der Waals surface area contributed by atoms with Gasteiger partial charge < -0.3 is 4.74 Å². The van der Waals surface area contributed by atoms with Crippen LogP contribution >= 0.6 is 0 Å². The highest BCUT2D eigenvalue weighted by Crippen LogP contribution is 2.67. The van der Waals surface area contributed by atoms with Crippen LogP contribution in [-0.4, -0.2) is 11.6 Å². The van der Waals surface area contributed by atoms with Gasteiger partial charge in [0.05, 0.1) is 0 Å². The minimum Gasteiger partial charge on any atom is -0.454 e. The Morgan fingerprint density at radius 1 is 1.21 bits per heavy atom. The van der Waals surface area contributed by atoms with Crippen LogP contribution in [0.5, 0.6) is 0 Å². The average molecular weight is 262 g/mol. The van der Waals surface area contributed by atoms with E-state index in [1.54, 1.807) is 12.5 Å². The lowest BCUT2D eigenvalue weighted by Gasteiger charge is -2.61. The Morgan fingerprint density at radius 3 is 2.42 bits per heavy atom. The van der Waals surface area contributed by atoms with E-state index >= 15 is 0 Å². The molecule has 0 saturated heterocycles. The van der Waals surface area contributed by atoms with Gasteiger partial charge in [-0.25, -0.2) is 0 Å². The predicted octanol–water partition coefficient (Wildman–Crippen LogP) is 4.24. The second-order valence-electron chi connectivity index (χ2n) is 8.08. The molecule has 0 spiro atoms. The minimum atomic E-state index is -0.273.